The van der Waals surface area contributed by atoms with Gasteiger partial charge in [0.2, 0.25) is 0 Å². The number of benzene rings is 8. The first-order valence-corrected chi connectivity index (χ1v) is 12.7. The van der Waals surface area contributed by atoms with Crippen LogP contribution in [0.15, 0.2) is 162 Å². The fourth-order valence-corrected chi connectivity index (χ4v) is 5.21. The second-order valence-corrected chi connectivity index (χ2v) is 9.34. The summed E-state index contributed by atoms with van der Waals surface area (Å²) in [6.07, 6.45) is 0. The van der Waals surface area contributed by atoms with E-state index < -0.39 is 228 Å². The molecule has 0 aliphatic rings. The molecule has 1 heteroatoms. The number of hydrogen-bond donors (Lipinski definition) is 0. The molecule has 200 valence electrons. The predicted octanol–water partition coefficient (Wildman–Crippen LogP) is 12.0. The Morgan fingerprint density at radius 3 is 1.72 bits per heavy atom. The van der Waals surface area contributed by atoms with Crippen molar-refractivity contribution < 1.29 is 38.7 Å². The first-order chi connectivity index (χ1) is 31.7. The van der Waals surface area contributed by atoms with Crippen molar-refractivity contribution in [1.29, 1.82) is 0 Å². The van der Waals surface area contributed by atoms with Crippen molar-refractivity contribution in [2.75, 3.05) is 0 Å². The molecule has 0 radical (unpaired) electrons. The topological polar surface area (TPSA) is 13.1 Å². The lowest BCUT2D eigenvalue weighted by Crippen LogP contribution is -1.90. The van der Waals surface area contributed by atoms with Crippen molar-refractivity contribution in [2.24, 2.45) is 0 Å². The molecule has 1 nitrogen and oxygen atoms in total. The summed E-state index contributed by atoms with van der Waals surface area (Å²) in [5.41, 5.74) is -4.98. The normalized spacial score (nSPS) is 19.9. The third-order valence-corrected chi connectivity index (χ3v) is 7.03. The van der Waals surface area contributed by atoms with Gasteiger partial charge in [0, 0.05) is 10.8 Å². The van der Waals surface area contributed by atoms with E-state index in [0.29, 0.717) is 0 Å². The first kappa shape index (κ1) is 9.97. The van der Waals surface area contributed by atoms with E-state index in [-0.39, 0.29) is 10.8 Å². The quantitative estimate of drug-likeness (QED) is 0.192. The summed E-state index contributed by atoms with van der Waals surface area (Å²) in [6.45, 7) is 0. The van der Waals surface area contributed by atoms with Gasteiger partial charge in [-0.3, -0.25) is 0 Å². The van der Waals surface area contributed by atoms with Crippen molar-refractivity contribution in [3.05, 3.63) is 157 Å². The highest BCUT2D eigenvalue weighted by Gasteiger charge is 2.17. The van der Waals surface area contributed by atoms with Crippen LogP contribution in [0.3, 0.4) is 0 Å². The van der Waals surface area contributed by atoms with E-state index in [1.807, 2.05) is 0 Å². The first-order valence-electron chi connectivity index (χ1n) is 25.2. The van der Waals surface area contributed by atoms with Crippen molar-refractivity contribution >= 4 is 54.3 Å². The Hall–Kier alpha value is -5.66. The average molecular weight is 572 g/mol. The van der Waals surface area contributed by atoms with Crippen LogP contribution in [0.1, 0.15) is 34.3 Å². The number of rotatable bonds is 3. The van der Waals surface area contributed by atoms with Crippen LogP contribution in [0.4, 0.5) is 0 Å². The minimum absolute atomic E-state index is 0.330. The van der Waals surface area contributed by atoms with Gasteiger partial charge in [0.05, 0.1) is 34.3 Å². The zero-order valence-electron chi connectivity index (χ0n) is 46.5. The zero-order valence-corrected chi connectivity index (χ0v) is 21.5. The lowest BCUT2D eigenvalue weighted by Gasteiger charge is -2.18. The fourth-order valence-electron chi connectivity index (χ4n) is 5.21. The lowest BCUT2D eigenvalue weighted by molar-refractivity contribution is 0.669. The molecule has 43 heavy (non-hydrogen) atoms. The third-order valence-electron chi connectivity index (χ3n) is 7.03. The van der Waals surface area contributed by atoms with Gasteiger partial charge in [-0.25, -0.2) is 0 Å². The predicted molar refractivity (Wildman–Crippen MR) is 183 cm³/mol. The molecule has 8 aromatic carbocycles. The van der Waals surface area contributed by atoms with Gasteiger partial charge in [-0.05, 0) is 83.8 Å². The Kier molecular flexibility index (Phi) is 2.19. The minimum Gasteiger partial charge on any atom is -0.456 e. The van der Waals surface area contributed by atoms with Gasteiger partial charge < -0.3 is 4.42 Å². The molecule has 9 aromatic rings. The van der Waals surface area contributed by atoms with Gasteiger partial charge in [0.1, 0.15) is 11.2 Å². The molecular formula is C42H26O. The van der Waals surface area contributed by atoms with Crippen LogP contribution in [0.2, 0.25) is 0 Å². The largest absolute Gasteiger partial charge is 0.456 e. The third kappa shape index (κ3) is 3.72. The summed E-state index contributed by atoms with van der Waals surface area (Å²) >= 11 is 0. The molecule has 0 aliphatic heterocycles. The van der Waals surface area contributed by atoms with Crippen LogP contribution in [-0.4, -0.2) is 0 Å². The average Bonchev–Trinajstić information content (AvgIpc) is 3.71. The zero-order chi connectivity index (χ0) is 50.1. The van der Waals surface area contributed by atoms with Crippen molar-refractivity contribution in [1.82, 2.24) is 0 Å². The van der Waals surface area contributed by atoms with Gasteiger partial charge in [-0.2, -0.15) is 0 Å². The molecule has 0 bridgehead atoms. The molecule has 1 heterocycles. The SMILES string of the molecule is [2H]c1cc2c(-c3c([2H])c([2H])c([2H])c([2H])c3[2H])c3c([2H])c([2H])c([2H])c([2H])c3c(-c3c([2H])c([2H])c(-c4c([2H])c([2H])c5oc6c([2H])c([2H])c7c([2H])c([2H])c([2H])c([2H])c7c6c5c4[2H])c([2H])c3[2H])c2c([2H])c1[2H]. The molecule has 9 rings (SSSR count). The number of fused-ring (bicyclic) bond motifs is 7. The number of hydrogen-bond acceptors (Lipinski definition) is 1. The summed E-state index contributed by atoms with van der Waals surface area (Å²) in [7, 11) is 0. The van der Waals surface area contributed by atoms with Crippen LogP contribution in [0.25, 0.3) is 87.6 Å². The summed E-state index contributed by atoms with van der Waals surface area (Å²) in [6, 6.07) is -19.9. The molecule has 0 amide bonds. The van der Waals surface area contributed by atoms with Crippen LogP contribution in [-0.2, 0) is 0 Å². The van der Waals surface area contributed by atoms with E-state index in [2.05, 4.69) is 0 Å². The highest BCUT2D eigenvalue weighted by atomic mass is 16.3. The van der Waals surface area contributed by atoms with Crippen LogP contribution in [0, 0.1) is 0 Å². The molecular weight excluding hydrogens is 520 g/mol. The Balaban J connectivity index is 1.49. The van der Waals surface area contributed by atoms with Gasteiger partial charge in [-0.15, -0.1) is 0 Å². The van der Waals surface area contributed by atoms with Crippen LogP contribution in [0.5, 0.6) is 0 Å². The molecule has 0 saturated heterocycles. The summed E-state index contributed by atoms with van der Waals surface area (Å²) < 4.78 is 227. The van der Waals surface area contributed by atoms with Gasteiger partial charge >= 0.3 is 0 Å². The second kappa shape index (κ2) is 9.44. The van der Waals surface area contributed by atoms with E-state index >= 15 is 0 Å². The minimum atomic E-state index is -1.01. The Morgan fingerprint density at radius 2 is 0.930 bits per heavy atom. The highest BCUT2D eigenvalue weighted by molar-refractivity contribution is 6.22. The smallest absolute Gasteiger partial charge is 0.136 e. The summed E-state index contributed by atoms with van der Waals surface area (Å²) in [5, 5.41) is -3.67. The molecule has 1 aromatic heterocycles. The van der Waals surface area contributed by atoms with Crippen molar-refractivity contribution in [3.63, 3.8) is 0 Å². The van der Waals surface area contributed by atoms with Crippen molar-refractivity contribution in [2.45, 2.75) is 0 Å². The standard InChI is InChI=1S/C42H26O/c1-2-11-29(12-3-1)40-33-14-6-8-16-35(33)41(36-17-9-7-15-34(36)40)30-20-18-27(19-21-30)31-23-24-38-37(26-31)42-32-13-5-4-10-28(32)22-25-39(42)43-38/h1-26H/i1D,2D,3D,4D,5D,6D,7D,8D,9D,10D,11D,12D,13D,14D,16D,17D,18D,19D,20D,21D,22D,23D,24D,25D,26D. The maximum atomic E-state index is 9.50. The molecule has 0 spiro atoms. The molecule has 0 N–H and O–H groups in total. The van der Waals surface area contributed by atoms with Gasteiger partial charge in [0.25, 0.3) is 0 Å². The number of furan rings is 1. The Morgan fingerprint density at radius 1 is 0.372 bits per heavy atom. The molecule has 0 unspecified atom stereocenters. The van der Waals surface area contributed by atoms with Crippen LogP contribution < -0.4 is 0 Å². The van der Waals surface area contributed by atoms with E-state index in [4.69, 9.17) is 29.1 Å². The van der Waals surface area contributed by atoms with E-state index in [9.17, 15) is 9.60 Å². The molecule has 0 atom stereocenters. The monoisotopic (exact) mass is 571 g/mol. The molecule has 0 aliphatic carbocycles. The van der Waals surface area contributed by atoms with Crippen LogP contribution >= 0.6 is 0 Å². The van der Waals surface area contributed by atoms with E-state index in [0.717, 1.165) is 6.07 Å². The fraction of sp³-hybridized carbons (Fsp3) is 0. The lowest BCUT2D eigenvalue weighted by atomic mass is 9.86. The summed E-state index contributed by atoms with van der Waals surface area (Å²) in [5.74, 6) is 0. The van der Waals surface area contributed by atoms with E-state index in [1.54, 1.807) is 0 Å². The second-order valence-electron chi connectivity index (χ2n) is 9.34. The summed E-state index contributed by atoms with van der Waals surface area (Å²) in [4.78, 5) is 0. The van der Waals surface area contributed by atoms with E-state index in [1.165, 1.54) is 0 Å². The molecule has 0 fully saturated rings. The highest BCUT2D eigenvalue weighted by Crippen LogP contribution is 2.44. The van der Waals surface area contributed by atoms with Gasteiger partial charge in [-0.1, -0.05) is 139 Å². The maximum Gasteiger partial charge on any atom is 0.136 e. The Labute approximate surface area is 284 Å². The van der Waals surface area contributed by atoms with Gasteiger partial charge in [0.15, 0.2) is 0 Å². The Bertz CT molecular complexity index is 3850. The maximum absolute atomic E-state index is 9.50. The molecule has 0 saturated carbocycles. The van der Waals surface area contributed by atoms with Crippen molar-refractivity contribution in [3.8, 4) is 33.4 Å².